The lowest BCUT2D eigenvalue weighted by molar-refractivity contribution is 0.534. The predicted octanol–water partition coefficient (Wildman–Crippen LogP) is 4.11. The standard InChI is InChI=1S/C14H20ClNS/c1-17-14(8-2-3-9-14)11-16-10-12-4-6-13(15)7-5-12/h4-7,16H,2-3,8-11H2,1H3. The van der Waals surface area contributed by atoms with Gasteiger partial charge in [-0.25, -0.2) is 0 Å². The first-order valence-corrected chi connectivity index (χ1v) is 7.85. The molecular weight excluding hydrogens is 250 g/mol. The topological polar surface area (TPSA) is 12.0 Å². The van der Waals surface area contributed by atoms with E-state index in [4.69, 9.17) is 11.6 Å². The Morgan fingerprint density at radius 1 is 1.24 bits per heavy atom. The molecule has 1 aliphatic rings. The Morgan fingerprint density at radius 2 is 1.88 bits per heavy atom. The minimum absolute atomic E-state index is 0.492. The third-order valence-corrected chi connectivity index (χ3v) is 5.31. The van der Waals surface area contributed by atoms with Crippen molar-refractivity contribution >= 4 is 23.4 Å². The van der Waals surface area contributed by atoms with Gasteiger partial charge in [-0.15, -0.1) is 0 Å². The third kappa shape index (κ3) is 3.64. The fourth-order valence-electron chi connectivity index (χ4n) is 2.51. The molecule has 0 unspecified atom stereocenters. The molecule has 1 N–H and O–H groups in total. The van der Waals surface area contributed by atoms with E-state index in [9.17, 15) is 0 Å². The van der Waals surface area contributed by atoms with E-state index in [1.807, 2.05) is 23.9 Å². The van der Waals surface area contributed by atoms with Crippen LogP contribution in [0.1, 0.15) is 31.2 Å². The van der Waals surface area contributed by atoms with E-state index in [1.165, 1.54) is 31.2 Å². The first-order chi connectivity index (χ1) is 8.24. The molecule has 17 heavy (non-hydrogen) atoms. The molecule has 0 aliphatic heterocycles. The Hall–Kier alpha value is -0.180. The molecule has 0 radical (unpaired) electrons. The van der Waals surface area contributed by atoms with E-state index in [0.717, 1.165) is 18.1 Å². The van der Waals surface area contributed by atoms with Crippen LogP contribution in [0.4, 0.5) is 0 Å². The average Bonchev–Trinajstić information content (AvgIpc) is 2.81. The summed E-state index contributed by atoms with van der Waals surface area (Å²) < 4.78 is 0.492. The Balaban J connectivity index is 1.80. The van der Waals surface area contributed by atoms with Gasteiger partial charge in [0.05, 0.1) is 0 Å². The van der Waals surface area contributed by atoms with Crippen LogP contribution in [0, 0.1) is 0 Å². The number of hydrogen-bond donors (Lipinski definition) is 1. The number of nitrogens with one attached hydrogen (secondary N) is 1. The molecule has 0 spiro atoms. The average molecular weight is 270 g/mol. The van der Waals surface area contributed by atoms with Crippen LogP contribution in [0.2, 0.25) is 5.02 Å². The zero-order valence-corrected chi connectivity index (χ0v) is 11.9. The molecule has 0 saturated heterocycles. The minimum atomic E-state index is 0.492. The molecule has 1 saturated carbocycles. The van der Waals surface area contributed by atoms with Gasteiger partial charge >= 0.3 is 0 Å². The van der Waals surface area contributed by atoms with E-state index >= 15 is 0 Å². The lowest BCUT2D eigenvalue weighted by atomic mass is 10.1. The quantitative estimate of drug-likeness (QED) is 0.864. The molecule has 0 atom stereocenters. The Morgan fingerprint density at radius 3 is 2.47 bits per heavy atom. The van der Waals surface area contributed by atoms with Crippen LogP contribution in [-0.2, 0) is 6.54 Å². The first kappa shape index (κ1) is 13.3. The van der Waals surface area contributed by atoms with E-state index in [2.05, 4.69) is 23.7 Å². The lowest BCUT2D eigenvalue weighted by Gasteiger charge is -2.27. The number of benzene rings is 1. The van der Waals surface area contributed by atoms with Crippen LogP contribution in [0.25, 0.3) is 0 Å². The predicted molar refractivity (Wildman–Crippen MR) is 77.9 cm³/mol. The zero-order chi connectivity index (χ0) is 12.1. The van der Waals surface area contributed by atoms with Gasteiger partial charge in [-0.2, -0.15) is 11.8 Å². The summed E-state index contributed by atoms with van der Waals surface area (Å²) in [6.45, 7) is 2.07. The monoisotopic (exact) mass is 269 g/mol. The summed E-state index contributed by atoms with van der Waals surface area (Å²) in [7, 11) is 0. The maximum atomic E-state index is 5.87. The maximum Gasteiger partial charge on any atom is 0.0406 e. The SMILES string of the molecule is CSC1(CNCc2ccc(Cl)cc2)CCCC1. The van der Waals surface area contributed by atoms with E-state index < -0.39 is 0 Å². The van der Waals surface area contributed by atoms with Gasteiger partial charge in [0.1, 0.15) is 0 Å². The van der Waals surface area contributed by atoms with Crippen molar-refractivity contribution in [1.29, 1.82) is 0 Å². The fourth-order valence-corrected chi connectivity index (χ4v) is 3.58. The Labute approximate surface area is 113 Å². The van der Waals surface area contributed by atoms with Crippen molar-refractivity contribution < 1.29 is 0 Å². The summed E-state index contributed by atoms with van der Waals surface area (Å²) in [4.78, 5) is 0. The molecular formula is C14H20ClNS. The van der Waals surface area contributed by atoms with Crippen LogP contribution in [0.15, 0.2) is 24.3 Å². The smallest absolute Gasteiger partial charge is 0.0406 e. The number of rotatable bonds is 5. The zero-order valence-electron chi connectivity index (χ0n) is 10.3. The van der Waals surface area contributed by atoms with Gasteiger partial charge in [-0.05, 0) is 36.8 Å². The van der Waals surface area contributed by atoms with Crippen LogP contribution >= 0.6 is 23.4 Å². The van der Waals surface area contributed by atoms with Crippen molar-refractivity contribution in [2.45, 2.75) is 37.0 Å². The third-order valence-electron chi connectivity index (χ3n) is 3.64. The highest BCUT2D eigenvalue weighted by Crippen LogP contribution is 2.39. The van der Waals surface area contributed by atoms with Crippen molar-refractivity contribution in [2.24, 2.45) is 0 Å². The van der Waals surface area contributed by atoms with Gasteiger partial charge in [-0.1, -0.05) is 36.6 Å². The van der Waals surface area contributed by atoms with Gasteiger partial charge in [-0.3, -0.25) is 0 Å². The molecule has 1 aromatic rings. The molecule has 3 heteroatoms. The summed E-state index contributed by atoms with van der Waals surface area (Å²) >= 11 is 7.90. The second-order valence-electron chi connectivity index (χ2n) is 4.82. The molecule has 0 aromatic heterocycles. The van der Waals surface area contributed by atoms with Crippen LogP contribution in [-0.4, -0.2) is 17.5 Å². The lowest BCUT2D eigenvalue weighted by Crippen LogP contribution is -2.34. The van der Waals surface area contributed by atoms with Gasteiger partial charge < -0.3 is 5.32 Å². The molecule has 1 aliphatic carbocycles. The maximum absolute atomic E-state index is 5.87. The number of halogens is 1. The highest BCUT2D eigenvalue weighted by molar-refractivity contribution is 8.00. The van der Waals surface area contributed by atoms with Gasteiger partial charge in [0, 0.05) is 22.9 Å². The van der Waals surface area contributed by atoms with Crippen molar-refractivity contribution in [3.63, 3.8) is 0 Å². The van der Waals surface area contributed by atoms with E-state index in [-0.39, 0.29) is 0 Å². The largest absolute Gasteiger partial charge is 0.311 e. The summed E-state index contributed by atoms with van der Waals surface area (Å²) in [5.41, 5.74) is 1.31. The molecule has 0 bridgehead atoms. The van der Waals surface area contributed by atoms with Gasteiger partial charge in [0.2, 0.25) is 0 Å². The molecule has 1 fully saturated rings. The Kier molecular flexibility index (Phi) is 4.78. The van der Waals surface area contributed by atoms with Crippen LogP contribution < -0.4 is 5.32 Å². The summed E-state index contributed by atoms with van der Waals surface area (Å²) in [6, 6.07) is 8.10. The van der Waals surface area contributed by atoms with Crippen LogP contribution in [0.5, 0.6) is 0 Å². The molecule has 1 aromatic carbocycles. The number of hydrogen-bond acceptors (Lipinski definition) is 2. The summed E-state index contributed by atoms with van der Waals surface area (Å²) in [5.74, 6) is 0. The molecule has 94 valence electrons. The minimum Gasteiger partial charge on any atom is -0.311 e. The van der Waals surface area contributed by atoms with Crippen molar-refractivity contribution in [3.8, 4) is 0 Å². The summed E-state index contributed by atoms with van der Waals surface area (Å²) in [5, 5.41) is 4.40. The highest BCUT2D eigenvalue weighted by Gasteiger charge is 2.32. The fraction of sp³-hybridized carbons (Fsp3) is 0.571. The van der Waals surface area contributed by atoms with Gasteiger partial charge in [0.15, 0.2) is 0 Å². The Bertz CT molecular complexity index is 344. The van der Waals surface area contributed by atoms with E-state index in [0.29, 0.717) is 4.75 Å². The second kappa shape index (κ2) is 6.12. The van der Waals surface area contributed by atoms with Crippen LogP contribution in [0.3, 0.4) is 0 Å². The first-order valence-electron chi connectivity index (χ1n) is 6.24. The van der Waals surface area contributed by atoms with Crippen molar-refractivity contribution in [1.82, 2.24) is 5.32 Å². The molecule has 1 nitrogen and oxygen atoms in total. The van der Waals surface area contributed by atoms with E-state index in [1.54, 1.807) is 0 Å². The normalized spacial score (nSPS) is 18.5. The summed E-state index contributed by atoms with van der Waals surface area (Å²) in [6.07, 6.45) is 7.76. The molecule has 0 heterocycles. The molecule has 0 amide bonds. The van der Waals surface area contributed by atoms with Crippen molar-refractivity contribution in [3.05, 3.63) is 34.9 Å². The highest BCUT2D eigenvalue weighted by atomic mass is 35.5. The van der Waals surface area contributed by atoms with Crippen molar-refractivity contribution in [2.75, 3.05) is 12.8 Å². The van der Waals surface area contributed by atoms with Gasteiger partial charge in [0.25, 0.3) is 0 Å². The molecule has 2 rings (SSSR count). The second-order valence-corrected chi connectivity index (χ2v) is 6.53. The number of thioether (sulfide) groups is 1.